The number of carbonyl (C=O) groups excluding carboxylic acids is 1. The van der Waals surface area contributed by atoms with Gasteiger partial charge in [0.05, 0.1) is 11.8 Å². The van der Waals surface area contributed by atoms with Gasteiger partial charge in [0.15, 0.2) is 0 Å². The molecule has 23 heavy (non-hydrogen) atoms. The Morgan fingerprint density at radius 2 is 2.00 bits per heavy atom. The number of hydrogen-bond donors (Lipinski definition) is 1. The normalized spacial score (nSPS) is 15.5. The quantitative estimate of drug-likeness (QED) is 0.916. The molecule has 2 aromatic rings. The molecule has 1 N–H and O–H groups in total. The van der Waals surface area contributed by atoms with E-state index in [0.717, 1.165) is 31.9 Å². The summed E-state index contributed by atoms with van der Waals surface area (Å²) in [5.74, 6) is 2.32. The van der Waals surface area contributed by atoms with Crippen LogP contribution in [0, 0.1) is 0 Å². The van der Waals surface area contributed by atoms with Crippen LogP contribution in [0.25, 0.3) is 0 Å². The lowest BCUT2D eigenvalue weighted by molar-refractivity contribution is 0.102. The highest BCUT2D eigenvalue weighted by atomic mass is 32.2. The summed E-state index contributed by atoms with van der Waals surface area (Å²) in [5.41, 5.74) is 2.69. The molecule has 0 spiro atoms. The summed E-state index contributed by atoms with van der Waals surface area (Å²) < 4.78 is 1.74. The second-order valence-electron chi connectivity index (χ2n) is 5.62. The Kier molecular flexibility index (Phi) is 5.35. The minimum atomic E-state index is -0.120. The van der Waals surface area contributed by atoms with Crippen LogP contribution in [0.2, 0.25) is 0 Å². The summed E-state index contributed by atoms with van der Waals surface area (Å²) >= 11 is 2.02. The van der Waals surface area contributed by atoms with Crippen molar-refractivity contribution in [3.63, 3.8) is 0 Å². The van der Waals surface area contributed by atoms with Crippen LogP contribution in [-0.4, -0.2) is 45.2 Å². The molecule has 0 radical (unpaired) electrons. The molecule has 0 bridgehead atoms. The molecule has 1 aliphatic heterocycles. The molecule has 0 saturated carbocycles. The number of hydrogen-bond acceptors (Lipinski definition) is 4. The molecular weight excluding hydrogens is 308 g/mol. The van der Waals surface area contributed by atoms with Crippen LogP contribution < -0.4 is 5.32 Å². The van der Waals surface area contributed by atoms with Crippen LogP contribution in [-0.2, 0) is 13.1 Å². The highest BCUT2D eigenvalue weighted by Crippen LogP contribution is 2.15. The fraction of sp³-hybridized carbons (Fsp3) is 0.412. The van der Waals surface area contributed by atoms with E-state index in [4.69, 9.17) is 0 Å². The highest BCUT2D eigenvalue weighted by Gasteiger charge is 2.11. The van der Waals surface area contributed by atoms with E-state index in [1.807, 2.05) is 30.8 Å². The average Bonchev–Trinajstić information content (AvgIpc) is 3.07. The zero-order valence-electron chi connectivity index (χ0n) is 13.4. The van der Waals surface area contributed by atoms with Crippen molar-refractivity contribution in [3.8, 4) is 0 Å². The van der Waals surface area contributed by atoms with Gasteiger partial charge in [0.2, 0.25) is 0 Å². The summed E-state index contributed by atoms with van der Waals surface area (Å²) in [6.07, 6.45) is 3.36. The third-order valence-electron chi connectivity index (χ3n) is 3.94. The van der Waals surface area contributed by atoms with Crippen molar-refractivity contribution in [2.75, 3.05) is 29.9 Å². The van der Waals surface area contributed by atoms with Crippen molar-refractivity contribution in [2.24, 2.45) is 0 Å². The van der Waals surface area contributed by atoms with Crippen LogP contribution >= 0.6 is 11.8 Å². The van der Waals surface area contributed by atoms with E-state index in [9.17, 15) is 4.79 Å². The van der Waals surface area contributed by atoms with Gasteiger partial charge in [0, 0.05) is 49.6 Å². The zero-order chi connectivity index (χ0) is 16.1. The number of nitrogens with zero attached hydrogens (tertiary/aromatic N) is 3. The van der Waals surface area contributed by atoms with Crippen molar-refractivity contribution in [1.82, 2.24) is 14.7 Å². The lowest BCUT2D eigenvalue weighted by Gasteiger charge is -2.26. The maximum atomic E-state index is 12.2. The maximum Gasteiger partial charge on any atom is 0.258 e. The fourth-order valence-electron chi connectivity index (χ4n) is 2.57. The Balaban J connectivity index is 1.57. The third kappa shape index (κ3) is 4.36. The Bertz CT molecular complexity index is 647. The molecule has 1 amide bonds. The number of aryl methyl sites for hydroxylation is 1. The van der Waals surface area contributed by atoms with Crippen molar-refractivity contribution >= 4 is 23.4 Å². The molecule has 6 heteroatoms. The Hall–Kier alpha value is -1.79. The van der Waals surface area contributed by atoms with Gasteiger partial charge in [-0.2, -0.15) is 16.9 Å². The number of carbonyl (C=O) groups is 1. The Labute approximate surface area is 141 Å². The van der Waals surface area contributed by atoms with Gasteiger partial charge in [0.25, 0.3) is 5.91 Å². The fourth-order valence-corrected chi connectivity index (χ4v) is 3.55. The van der Waals surface area contributed by atoms with Gasteiger partial charge in [-0.25, -0.2) is 0 Å². The van der Waals surface area contributed by atoms with Crippen LogP contribution in [0.3, 0.4) is 0 Å². The zero-order valence-corrected chi connectivity index (χ0v) is 14.2. The SMILES string of the molecule is CCn1cc(C(=O)Nc2ccc(CN3CCSCC3)cc2)cn1. The van der Waals surface area contributed by atoms with E-state index in [0.29, 0.717) is 5.56 Å². The van der Waals surface area contributed by atoms with Gasteiger partial charge in [-0.05, 0) is 24.6 Å². The van der Waals surface area contributed by atoms with E-state index in [-0.39, 0.29) is 5.91 Å². The van der Waals surface area contributed by atoms with Crippen molar-refractivity contribution in [3.05, 3.63) is 47.8 Å². The van der Waals surface area contributed by atoms with Crippen LogP contribution in [0.4, 0.5) is 5.69 Å². The molecule has 5 nitrogen and oxygen atoms in total. The minimum Gasteiger partial charge on any atom is -0.322 e. The molecule has 1 aromatic heterocycles. The van der Waals surface area contributed by atoms with E-state index in [2.05, 4.69) is 27.4 Å². The Morgan fingerprint density at radius 1 is 1.26 bits per heavy atom. The van der Waals surface area contributed by atoms with Crippen molar-refractivity contribution in [2.45, 2.75) is 20.0 Å². The number of benzene rings is 1. The molecule has 1 saturated heterocycles. The molecule has 1 fully saturated rings. The highest BCUT2D eigenvalue weighted by molar-refractivity contribution is 7.99. The minimum absolute atomic E-state index is 0.120. The molecule has 3 rings (SSSR count). The number of anilines is 1. The summed E-state index contributed by atoms with van der Waals surface area (Å²) in [6.45, 7) is 6.05. The first-order valence-electron chi connectivity index (χ1n) is 7.97. The molecule has 1 aromatic carbocycles. The molecule has 122 valence electrons. The Morgan fingerprint density at radius 3 is 2.65 bits per heavy atom. The summed E-state index contributed by atoms with van der Waals surface area (Å²) in [7, 11) is 0. The number of aromatic nitrogens is 2. The first kappa shape index (κ1) is 16.1. The lowest BCUT2D eigenvalue weighted by Crippen LogP contribution is -2.31. The molecule has 2 heterocycles. The average molecular weight is 330 g/mol. The van der Waals surface area contributed by atoms with Crippen LogP contribution in [0.15, 0.2) is 36.7 Å². The molecule has 0 atom stereocenters. The summed E-state index contributed by atoms with van der Waals surface area (Å²) in [6, 6.07) is 8.12. The third-order valence-corrected chi connectivity index (χ3v) is 4.88. The number of amides is 1. The second kappa shape index (κ2) is 7.66. The van der Waals surface area contributed by atoms with Gasteiger partial charge < -0.3 is 5.32 Å². The van der Waals surface area contributed by atoms with Crippen LogP contribution in [0.1, 0.15) is 22.8 Å². The van der Waals surface area contributed by atoms with Gasteiger partial charge in [-0.3, -0.25) is 14.4 Å². The number of rotatable bonds is 5. The standard InChI is InChI=1S/C17H22N4OS/c1-2-21-13-15(11-18-21)17(22)19-16-5-3-14(4-6-16)12-20-7-9-23-10-8-20/h3-6,11,13H,2,7-10,12H2,1H3,(H,19,22). The monoisotopic (exact) mass is 330 g/mol. The molecule has 0 unspecified atom stereocenters. The predicted octanol–water partition coefficient (Wildman–Crippen LogP) is 2.70. The number of nitrogens with one attached hydrogen (secondary N) is 1. The first-order valence-corrected chi connectivity index (χ1v) is 9.13. The molecular formula is C17H22N4OS. The van der Waals surface area contributed by atoms with Crippen molar-refractivity contribution in [1.29, 1.82) is 0 Å². The van der Waals surface area contributed by atoms with Gasteiger partial charge in [-0.1, -0.05) is 12.1 Å². The van der Waals surface area contributed by atoms with E-state index in [1.54, 1.807) is 17.1 Å². The van der Waals surface area contributed by atoms with E-state index < -0.39 is 0 Å². The van der Waals surface area contributed by atoms with Gasteiger partial charge >= 0.3 is 0 Å². The van der Waals surface area contributed by atoms with E-state index in [1.165, 1.54) is 17.1 Å². The number of thioether (sulfide) groups is 1. The van der Waals surface area contributed by atoms with E-state index >= 15 is 0 Å². The smallest absolute Gasteiger partial charge is 0.258 e. The van der Waals surface area contributed by atoms with Gasteiger partial charge in [0.1, 0.15) is 0 Å². The topological polar surface area (TPSA) is 50.2 Å². The molecule has 1 aliphatic rings. The lowest BCUT2D eigenvalue weighted by atomic mass is 10.2. The first-order chi connectivity index (χ1) is 11.2. The largest absolute Gasteiger partial charge is 0.322 e. The summed E-state index contributed by atoms with van der Waals surface area (Å²) in [5, 5.41) is 7.04. The predicted molar refractivity (Wildman–Crippen MR) is 94.9 cm³/mol. The van der Waals surface area contributed by atoms with Gasteiger partial charge in [-0.15, -0.1) is 0 Å². The van der Waals surface area contributed by atoms with Crippen LogP contribution in [0.5, 0.6) is 0 Å². The maximum absolute atomic E-state index is 12.2. The van der Waals surface area contributed by atoms with Crippen molar-refractivity contribution < 1.29 is 4.79 Å². The second-order valence-corrected chi connectivity index (χ2v) is 6.85. The summed E-state index contributed by atoms with van der Waals surface area (Å²) in [4.78, 5) is 14.6. The molecule has 0 aliphatic carbocycles.